The molecule has 2 atom stereocenters. The average molecular weight is 196 g/mol. The summed E-state index contributed by atoms with van der Waals surface area (Å²) in [7, 11) is 0. The lowest BCUT2D eigenvalue weighted by molar-refractivity contribution is -0.145. The number of likely N-dealkylation sites (tertiary alicyclic amines) is 1. The van der Waals surface area contributed by atoms with E-state index in [9.17, 15) is 4.79 Å². The SMILES string of the molecule is CC(c1cccs1)N1CC(N)C1=O. The molecule has 13 heavy (non-hydrogen) atoms. The van der Waals surface area contributed by atoms with Gasteiger partial charge in [0, 0.05) is 11.4 Å². The van der Waals surface area contributed by atoms with Crippen LogP contribution in [0.2, 0.25) is 0 Å². The van der Waals surface area contributed by atoms with Crippen LogP contribution in [0.25, 0.3) is 0 Å². The first-order valence-electron chi connectivity index (χ1n) is 4.29. The molecule has 2 rings (SSSR count). The number of carbonyl (C=O) groups is 1. The van der Waals surface area contributed by atoms with Crippen molar-refractivity contribution in [1.29, 1.82) is 0 Å². The molecule has 1 fully saturated rings. The van der Waals surface area contributed by atoms with Gasteiger partial charge in [-0.2, -0.15) is 0 Å². The highest BCUT2D eigenvalue weighted by atomic mass is 32.1. The van der Waals surface area contributed by atoms with Gasteiger partial charge in [0.2, 0.25) is 5.91 Å². The number of hydrogen-bond donors (Lipinski definition) is 1. The van der Waals surface area contributed by atoms with Crippen molar-refractivity contribution in [3.63, 3.8) is 0 Å². The van der Waals surface area contributed by atoms with Crippen LogP contribution in [0.15, 0.2) is 17.5 Å². The van der Waals surface area contributed by atoms with Gasteiger partial charge in [0.15, 0.2) is 0 Å². The van der Waals surface area contributed by atoms with E-state index in [0.29, 0.717) is 6.54 Å². The van der Waals surface area contributed by atoms with Crippen LogP contribution in [-0.2, 0) is 4.79 Å². The topological polar surface area (TPSA) is 46.3 Å². The van der Waals surface area contributed by atoms with E-state index in [1.807, 2.05) is 29.3 Å². The predicted octanol–water partition coefficient (Wildman–Crippen LogP) is 0.979. The lowest BCUT2D eigenvalue weighted by atomic mass is 10.1. The average Bonchev–Trinajstić information content (AvgIpc) is 2.65. The third-order valence-corrected chi connectivity index (χ3v) is 3.46. The van der Waals surface area contributed by atoms with Crippen LogP contribution in [0, 0.1) is 0 Å². The second-order valence-electron chi connectivity index (χ2n) is 3.29. The lowest BCUT2D eigenvalue weighted by Gasteiger charge is -2.40. The third kappa shape index (κ3) is 1.36. The highest BCUT2D eigenvalue weighted by Crippen LogP contribution is 2.28. The molecule has 1 aliphatic rings. The smallest absolute Gasteiger partial charge is 0.241 e. The Morgan fingerprint density at radius 2 is 2.54 bits per heavy atom. The molecule has 0 radical (unpaired) electrons. The summed E-state index contributed by atoms with van der Waals surface area (Å²) in [5, 5.41) is 2.02. The number of nitrogens with zero attached hydrogens (tertiary/aromatic N) is 1. The molecule has 0 bridgehead atoms. The Balaban J connectivity index is 2.07. The van der Waals surface area contributed by atoms with Crippen molar-refractivity contribution in [3.8, 4) is 0 Å². The van der Waals surface area contributed by atoms with E-state index in [1.165, 1.54) is 4.88 Å². The van der Waals surface area contributed by atoms with Crippen LogP contribution < -0.4 is 5.73 Å². The monoisotopic (exact) mass is 196 g/mol. The Morgan fingerprint density at radius 1 is 1.77 bits per heavy atom. The van der Waals surface area contributed by atoms with E-state index in [1.54, 1.807) is 11.3 Å². The van der Waals surface area contributed by atoms with Gasteiger partial charge < -0.3 is 10.6 Å². The quantitative estimate of drug-likeness (QED) is 0.717. The summed E-state index contributed by atoms with van der Waals surface area (Å²) in [6.07, 6.45) is 0. The summed E-state index contributed by atoms with van der Waals surface area (Å²) in [6, 6.07) is 3.97. The molecule has 0 aliphatic carbocycles. The first-order chi connectivity index (χ1) is 6.20. The van der Waals surface area contributed by atoms with E-state index in [2.05, 4.69) is 0 Å². The summed E-state index contributed by atoms with van der Waals surface area (Å²) in [5.41, 5.74) is 5.52. The molecule has 0 saturated carbocycles. The normalized spacial score (nSPS) is 24.3. The Kier molecular flexibility index (Phi) is 2.09. The van der Waals surface area contributed by atoms with Gasteiger partial charge in [-0.1, -0.05) is 6.07 Å². The molecule has 70 valence electrons. The molecule has 1 amide bonds. The third-order valence-electron chi connectivity index (χ3n) is 2.42. The lowest BCUT2D eigenvalue weighted by Crippen LogP contribution is -2.61. The molecule has 4 heteroatoms. The minimum Gasteiger partial charge on any atom is -0.332 e. The zero-order valence-electron chi connectivity index (χ0n) is 7.43. The summed E-state index contributed by atoms with van der Waals surface area (Å²) in [4.78, 5) is 14.3. The Bertz CT molecular complexity index is 309. The predicted molar refractivity (Wildman–Crippen MR) is 52.4 cm³/mol. The highest BCUT2D eigenvalue weighted by molar-refractivity contribution is 7.10. The molecule has 1 aromatic heterocycles. The van der Waals surface area contributed by atoms with Crippen molar-refractivity contribution in [2.75, 3.05) is 6.54 Å². The fraction of sp³-hybridized carbons (Fsp3) is 0.444. The standard InChI is InChI=1S/C9H12N2OS/c1-6(8-3-2-4-13-8)11-5-7(10)9(11)12/h2-4,6-7H,5,10H2,1H3. The summed E-state index contributed by atoms with van der Waals surface area (Å²) >= 11 is 1.68. The largest absolute Gasteiger partial charge is 0.332 e. The van der Waals surface area contributed by atoms with Gasteiger partial charge >= 0.3 is 0 Å². The molecular formula is C9H12N2OS. The van der Waals surface area contributed by atoms with Crippen LogP contribution in [0.3, 0.4) is 0 Å². The summed E-state index contributed by atoms with van der Waals surface area (Å²) in [5.74, 6) is 0.0703. The molecule has 3 nitrogen and oxygen atoms in total. The Morgan fingerprint density at radius 3 is 3.00 bits per heavy atom. The van der Waals surface area contributed by atoms with Gasteiger partial charge in [0.25, 0.3) is 0 Å². The molecule has 1 aliphatic heterocycles. The zero-order valence-corrected chi connectivity index (χ0v) is 8.25. The number of rotatable bonds is 2. The van der Waals surface area contributed by atoms with Crippen LogP contribution >= 0.6 is 11.3 Å². The zero-order chi connectivity index (χ0) is 9.42. The van der Waals surface area contributed by atoms with E-state index < -0.39 is 0 Å². The maximum absolute atomic E-state index is 11.3. The number of nitrogens with two attached hydrogens (primary N) is 1. The minimum absolute atomic E-state index is 0.0703. The van der Waals surface area contributed by atoms with Crippen LogP contribution in [-0.4, -0.2) is 23.4 Å². The van der Waals surface area contributed by atoms with Gasteiger partial charge in [-0.3, -0.25) is 4.79 Å². The number of carbonyl (C=O) groups excluding carboxylic acids is 1. The number of amides is 1. The summed E-state index contributed by atoms with van der Waals surface area (Å²) in [6.45, 7) is 2.73. The fourth-order valence-corrected chi connectivity index (χ4v) is 2.31. The second-order valence-corrected chi connectivity index (χ2v) is 4.27. The van der Waals surface area contributed by atoms with Crippen LogP contribution in [0.1, 0.15) is 17.8 Å². The van der Waals surface area contributed by atoms with Gasteiger partial charge in [0.05, 0.1) is 6.04 Å². The molecule has 2 heterocycles. The minimum atomic E-state index is -0.262. The van der Waals surface area contributed by atoms with Crippen molar-refractivity contribution < 1.29 is 4.79 Å². The van der Waals surface area contributed by atoms with Crippen molar-refractivity contribution in [1.82, 2.24) is 4.90 Å². The molecule has 2 unspecified atom stereocenters. The first-order valence-corrected chi connectivity index (χ1v) is 5.17. The van der Waals surface area contributed by atoms with Gasteiger partial charge in [-0.05, 0) is 18.4 Å². The number of β-lactam (4-membered cyclic amide) rings is 1. The molecule has 1 aromatic rings. The van der Waals surface area contributed by atoms with Crippen LogP contribution in [0.5, 0.6) is 0 Å². The molecule has 1 saturated heterocycles. The van der Waals surface area contributed by atoms with E-state index in [4.69, 9.17) is 5.73 Å². The maximum atomic E-state index is 11.3. The van der Waals surface area contributed by atoms with E-state index in [0.717, 1.165) is 0 Å². The molecule has 2 N–H and O–H groups in total. The van der Waals surface area contributed by atoms with Gasteiger partial charge in [-0.15, -0.1) is 11.3 Å². The maximum Gasteiger partial charge on any atom is 0.241 e. The fourth-order valence-electron chi connectivity index (χ4n) is 1.51. The van der Waals surface area contributed by atoms with Crippen molar-refractivity contribution in [3.05, 3.63) is 22.4 Å². The number of thiophene rings is 1. The van der Waals surface area contributed by atoms with Crippen molar-refractivity contribution >= 4 is 17.2 Å². The molecule has 0 spiro atoms. The first kappa shape index (κ1) is 8.72. The second kappa shape index (κ2) is 3.12. The Hall–Kier alpha value is -0.870. The van der Waals surface area contributed by atoms with Crippen LogP contribution in [0.4, 0.5) is 0 Å². The van der Waals surface area contributed by atoms with E-state index in [-0.39, 0.29) is 18.0 Å². The van der Waals surface area contributed by atoms with Crippen molar-refractivity contribution in [2.24, 2.45) is 5.73 Å². The van der Waals surface area contributed by atoms with E-state index >= 15 is 0 Å². The molecular weight excluding hydrogens is 184 g/mol. The summed E-state index contributed by atoms with van der Waals surface area (Å²) < 4.78 is 0. The number of hydrogen-bond acceptors (Lipinski definition) is 3. The van der Waals surface area contributed by atoms with Gasteiger partial charge in [-0.25, -0.2) is 0 Å². The molecule has 0 aromatic carbocycles. The van der Waals surface area contributed by atoms with Crippen molar-refractivity contribution in [2.45, 2.75) is 19.0 Å². The van der Waals surface area contributed by atoms with Gasteiger partial charge in [0.1, 0.15) is 6.04 Å². The highest BCUT2D eigenvalue weighted by Gasteiger charge is 2.37. The Labute approximate surface area is 81.2 Å².